The Morgan fingerprint density at radius 3 is 2.42 bits per heavy atom. The van der Waals surface area contributed by atoms with Crippen molar-refractivity contribution in [2.75, 3.05) is 7.11 Å². The molecule has 1 N–H and O–H groups in total. The van der Waals surface area contributed by atoms with E-state index in [1.165, 1.54) is 24.0 Å². The number of nitrogens with one attached hydrogen (secondary N) is 1. The first-order valence-corrected chi connectivity index (χ1v) is 8.33. The molecule has 138 valence electrons. The molecule has 0 aromatic heterocycles. The predicted molar refractivity (Wildman–Crippen MR) is 96.9 cm³/mol. The molecule has 0 aliphatic heterocycles. The summed E-state index contributed by atoms with van der Waals surface area (Å²) in [4.78, 5) is 25.9. The van der Waals surface area contributed by atoms with Gasteiger partial charge in [0, 0.05) is 25.6 Å². The van der Waals surface area contributed by atoms with Crippen LogP contribution in [0.1, 0.15) is 25.0 Å². The van der Waals surface area contributed by atoms with Gasteiger partial charge in [0.2, 0.25) is 11.8 Å². The Morgan fingerprint density at radius 2 is 1.81 bits per heavy atom. The van der Waals surface area contributed by atoms with Crippen LogP contribution >= 0.6 is 0 Å². The zero-order valence-electron chi connectivity index (χ0n) is 15.2. The van der Waals surface area contributed by atoms with Gasteiger partial charge >= 0.3 is 0 Å². The van der Waals surface area contributed by atoms with Gasteiger partial charge in [0.05, 0.1) is 7.11 Å². The Balaban J connectivity index is 2.03. The number of rotatable bonds is 7. The summed E-state index contributed by atoms with van der Waals surface area (Å²) in [6.07, 6.45) is 0. The number of carbonyl (C=O) groups is 2. The number of nitrogens with zero attached hydrogens (tertiary/aromatic N) is 1. The summed E-state index contributed by atoms with van der Waals surface area (Å²) in [5.41, 5.74) is 1.61. The van der Waals surface area contributed by atoms with Crippen LogP contribution in [-0.2, 0) is 22.7 Å². The SMILES string of the molecule is COc1ccccc1CNC(=O)[C@@H](C)N(Cc1ccc(F)cc1)C(C)=O. The normalized spacial score (nSPS) is 11.5. The van der Waals surface area contributed by atoms with Crippen LogP contribution < -0.4 is 10.1 Å². The first-order chi connectivity index (χ1) is 12.4. The van der Waals surface area contributed by atoms with Crippen molar-refractivity contribution in [2.45, 2.75) is 33.0 Å². The Hall–Kier alpha value is -2.89. The third-order valence-corrected chi connectivity index (χ3v) is 4.16. The van der Waals surface area contributed by atoms with Gasteiger partial charge in [-0.3, -0.25) is 9.59 Å². The molecular formula is C20H23FN2O3. The van der Waals surface area contributed by atoms with E-state index in [0.717, 1.165) is 11.1 Å². The van der Waals surface area contributed by atoms with Crippen LogP contribution in [0.5, 0.6) is 5.75 Å². The highest BCUT2D eigenvalue weighted by molar-refractivity contribution is 5.86. The van der Waals surface area contributed by atoms with Crippen molar-refractivity contribution >= 4 is 11.8 Å². The lowest BCUT2D eigenvalue weighted by Crippen LogP contribution is -2.46. The first-order valence-electron chi connectivity index (χ1n) is 8.33. The second-order valence-corrected chi connectivity index (χ2v) is 5.98. The van der Waals surface area contributed by atoms with Crippen molar-refractivity contribution in [1.29, 1.82) is 0 Å². The van der Waals surface area contributed by atoms with Crippen LogP contribution in [0.4, 0.5) is 4.39 Å². The monoisotopic (exact) mass is 358 g/mol. The lowest BCUT2D eigenvalue weighted by molar-refractivity contribution is -0.139. The lowest BCUT2D eigenvalue weighted by atomic mass is 10.1. The molecule has 2 rings (SSSR count). The van der Waals surface area contributed by atoms with Crippen molar-refractivity contribution in [3.05, 3.63) is 65.5 Å². The van der Waals surface area contributed by atoms with Crippen LogP contribution in [0.3, 0.4) is 0 Å². The maximum absolute atomic E-state index is 13.0. The minimum atomic E-state index is -0.660. The zero-order chi connectivity index (χ0) is 19.1. The van der Waals surface area contributed by atoms with Crippen molar-refractivity contribution in [2.24, 2.45) is 0 Å². The third-order valence-electron chi connectivity index (χ3n) is 4.16. The van der Waals surface area contributed by atoms with E-state index < -0.39 is 6.04 Å². The molecule has 2 amide bonds. The average molecular weight is 358 g/mol. The van der Waals surface area contributed by atoms with Gasteiger partial charge in [0.25, 0.3) is 0 Å². The molecule has 0 bridgehead atoms. The van der Waals surface area contributed by atoms with E-state index in [-0.39, 0.29) is 24.2 Å². The second-order valence-electron chi connectivity index (χ2n) is 5.98. The predicted octanol–water partition coefficient (Wildman–Crippen LogP) is 2.89. The van der Waals surface area contributed by atoms with E-state index in [4.69, 9.17) is 4.74 Å². The van der Waals surface area contributed by atoms with Crippen LogP contribution in [0.25, 0.3) is 0 Å². The van der Waals surface area contributed by atoms with Gasteiger partial charge < -0.3 is 15.0 Å². The molecule has 0 aliphatic rings. The number of benzene rings is 2. The fourth-order valence-corrected chi connectivity index (χ4v) is 2.63. The van der Waals surface area contributed by atoms with Crippen molar-refractivity contribution in [3.8, 4) is 5.75 Å². The molecule has 0 fully saturated rings. The largest absolute Gasteiger partial charge is 0.496 e. The van der Waals surface area contributed by atoms with E-state index in [2.05, 4.69) is 5.32 Å². The number of para-hydroxylation sites is 1. The van der Waals surface area contributed by atoms with Gasteiger partial charge in [-0.25, -0.2) is 4.39 Å². The number of hydrogen-bond donors (Lipinski definition) is 1. The van der Waals surface area contributed by atoms with Crippen LogP contribution in [0.2, 0.25) is 0 Å². The standard InChI is InChI=1S/C20H23FN2O3/c1-14(20(25)22-12-17-6-4-5-7-19(17)26-3)23(15(2)24)13-16-8-10-18(21)11-9-16/h4-11,14H,12-13H2,1-3H3,(H,22,25)/t14-/m1/s1. The van der Waals surface area contributed by atoms with Crippen molar-refractivity contribution in [3.63, 3.8) is 0 Å². The van der Waals surface area contributed by atoms with Gasteiger partial charge in [-0.15, -0.1) is 0 Å². The Kier molecular flexibility index (Phi) is 6.72. The number of ether oxygens (including phenoxy) is 1. The molecule has 0 saturated heterocycles. The number of hydrogen-bond acceptors (Lipinski definition) is 3. The Labute approximate surface area is 152 Å². The van der Waals surface area contributed by atoms with Crippen LogP contribution in [0, 0.1) is 5.82 Å². The van der Waals surface area contributed by atoms with E-state index in [1.54, 1.807) is 26.2 Å². The molecule has 0 heterocycles. The molecule has 2 aromatic carbocycles. The fraction of sp³-hybridized carbons (Fsp3) is 0.300. The van der Waals surface area contributed by atoms with Gasteiger partial charge in [-0.05, 0) is 30.7 Å². The average Bonchev–Trinajstić information content (AvgIpc) is 2.65. The highest BCUT2D eigenvalue weighted by Gasteiger charge is 2.23. The summed E-state index contributed by atoms with van der Waals surface area (Å²) in [7, 11) is 1.57. The van der Waals surface area contributed by atoms with Gasteiger partial charge in [-0.1, -0.05) is 30.3 Å². The van der Waals surface area contributed by atoms with Crippen LogP contribution in [-0.4, -0.2) is 29.9 Å². The first kappa shape index (κ1) is 19.4. The van der Waals surface area contributed by atoms with E-state index >= 15 is 0 Å². The molecule has 0 unspecified atom stereocenters. The van der Waals surface area contributed by atoms with Crippen LogP contribution in [0.15, 0.2) is 48.5 Å². The smallest absolute Gasteiger partial charge is 0.242 e. The second kappa shape index (κ2) is 8.99. The maximum Gasteiger partial charge on any atom is 0.242 e. The molecule has 26 heavy (non-hydrogen) atoms. The summed E-state index contributed by atoms with van der Waals surface area (Å²) in [6, 6.07) is 12.6. The Bertz CT molecular complexity index is 762. The van der Waals surface area contributed by atoms with Crippen molar-refractivity contribution in [1.82, 2.24) is 10.2 Å². The summed E-state index contributed by atoms with van der Waals surface area (Å²) >= 11 is 0. The molecule has 1 atom stereocenters. The zero-order valence-corrected chi connectivity index (χ0v) is 15.2. The lowest BCUT2D eigenvalue weighted by Gasteiger charge is -2.27. The maximum atomic E-state index is 13.0. The summed E-state index contributed by atoms with van der Waals surface area (Å²) in [6.45, 7) is 3.62. The molecule has 2 aromatic rings. The highest BCUT2D eigenvalue weighted by atomic mass is 19.1. The van der Waals surface area contributed by atoms with E-state index in [1.807, 2.05) is 24.3 Å². The molecule has 0 saturated carbocycles. The summed E-state index contributed by atoms with van der Waals surface area (Å²) in [5, 5.41) is 2.83. The number of methoxy groups -OCH3 is 1. The third kappa shape index (κ3) is 5.05. The summed E-state index contributed by atoms with van der Waals surface area (Å²) in [5.74, 6) is -0.150. The van der Waals surface area contributed by atoms with E-state index in [9.17, 15) is 14.0 Å². The molecular weight excluding hydrogens is 335 g/mol. The topological polar surface area (TPSA) is 58.6 Å². The minimum Gasteiger partial charge on any atom is -0.496 e. The Morgan fingerprint density at radius 1 is 1.15 bits per heavy atom. The molecule has 0 radical (unpaired) electrons. The molecule has 5 nitrogen and oxygen atoms in total. The summed E-state index contributed by atoms with van der Waals surface area (Å²) < 4.78 is 18.3. The van der Waals surface area contributed by atoms with Gasteiger partial charge in [0.1, 0.15) is 17.6 Å². The van der Waals surface area contributed by atoms with Gasteiger partial charge in [-0.2, -0.15) is 0 Å². The highest BCUT2D eigenvalue weighted by Crippen LogP contribution is 2.17. The fourth-order valence-electron chi connectivity index (χ4n) is 2.63. The molecule has 0 spiro atoms. The van der Waals surface area contributed by atoms with Gasteiger partial charge in [0.15, 0.2) is 0 Å². The quantitative estimate of drug-likeness (QED) is 0.828. The molecule has 0 aliphatic carbocycles. The molecule has 6 heteroatoms. The number of carbonyl (C=O) groups excluding carboxylic acids is 2. The minimum absolute atomic E-state index is 0.228. The number of halogens is 1. The van der Waals surface area contributed by atoms with E-state index in [0.29, 0.717) is 12.3 Å². The van der Waals surface area contributed by atoms with Crippen molar-refractivity contribution < 1.29 is 18.7 Å². The number of amides is 2.